The maximum Gasteiger partial charge on any atom is 0.129 e. The number of hydrogen-bond donors (Lipinski definition) is 2. The molecule has 0 spiro atoms. The van der Waals surface area contributed by atoms with Gasteiger partial charge >= 0.3 is 0 Å². The summed E-state index contributed by atoms with van der Waals surface area (Å²) in [4.78, 5) is 0. The predicted molar refractivity (Wildman–Crippen MR) is 76.4 cm³/mol. The molecule has 0 saturated carbocycles. The van der Waals surface area contributed by atoms with Crippen molar-refractivity contribution >= 4 is 11.6 Å². The van der Waals surface area contributed by atoms with Crippen molar-refractivity contribution in [1.82, 2.24) is 5.43 Å². The van der Waals surface area contributed by atoms with Crippen molar-refractivity contribution in [2.75, 3.05) is 0 Å². The molecule has 100 valence electrons. The second kappa shape index (κ2) is 6.15. The molecule has 0 aliphatic rings. The van der Waals surface area contributed by atoms with Crippen molar-refractivity contribution in [3.63, 3.8) is 0 Å². The summed E-state index contributed by atoms with van der Waals surface area (Å²) >= 11 is 5.77. The summed E-state index contributed by atoms with van der Waals surface area (Å²) < 4.78 is 14.0. The number of rotatable bonds is 4. The van der Waals surface area contributed by atoms with Crippen molar-refractivity contribution < 1.29 is 4.39 Å². The Kier molecular flexibility index (Phi) is 4.53. The highest BCUT2D eigenvalue weighted by Gasteiger charge is 2.16. The van der Waals surface area contributed by atoms with Crippen LogP contribution in [0.5, 0.6) is 0 Å². The molecule has 3 N–H and O–H groups in total. The Morgan fingerprint density at radius 1 is 1.26 bits per heavy atom. The van der Waals surface area contributed by atoms with Gasteiger partial charge in [-0.1, -0.05) is 48.9 Å². The maximum absolute atomic E-state index is 14.0. The summed E-state index contributed by atoms with van der Waals surface area (Å²) in [6.07, 6.45) is 0.925. The van der Waals surface area contributed by atoms with Crippen LogP contribution in [0.3, 0.4) is 0 Å². The van der Waals surface area contributed by atoms with Crippen LogP contribution in [-0.2, 0) is 6.42 Å². The van der Waals surface area contributed by atoms with Gasteiger partial charge in [0.1, 0.15) is 5.82 Å². The zero-order valence-corrected chi connectivity index (χ0v) is 11.4. The molecule has 0 heterocycles. The number of benzene rings is 2. The maximum atomic E-state index is 14.0. The Bertz CT molecular complexity index is 572. The third-order valence-corrected chi connectivity index (χ3v) is 3.37. The van der Waals surface area contributed by atoms with E-state index in [2.05, 4.69) is 12.3 Å². The van der Waals surface area contributed by atoms with E-state index in [1.54, 1.807) is 12.1 Å². The van der Waals surface area contributed by atoms with E-state index in [4.69, 9.17) is 17.4 Å². The quantitative estimate of drug-likeness (QED) is 0.662. The van der Waals surface area contributed by atoms with Gasteiger partial charge in [0.2, 0.25) is 0 Å². The molecule has 0 aromatic heterocycles. The van der Waals surface area contributed by atoms with Gasteiger partial charge in [0.25, 0.3) is 0 Å². The van der Waals surface area contributed by atoms with Crippen LogP contribution in [-0.4, -0.2) is 0 Å². The lowest BCUT2D eigenvalue weighted by molar-refractivity contribution is 0.560. The molecule has 2 nitrogen and oxygen atoms in total. The van der Waals surface area contributed by atoms with Crippen LogP contribution >= 0.6 is 11.6 Å². The molecule has 2 aromatic carbocycles. The SMILES string of the molecule is CCc1cccc(C(NN)c2ccc(Cl)cc2F)c1. The van der Waals surface area contributed by atoms with Crippen molar-refractivity contribution in [3.05, 3.63) is 70.0 Å². The minimum Gasteiger partial charge on any atom is -0.271 e. The second-order valence-corrected chi connectivity index (χ2v) is 4.80. The van der Waals surface area contributed by atoms with Crippen LogP contribution in [0, 0.1) is 5.82 Å². The van der Waals surface area contributed by atoms with Crippen LogP contribution < -0.4 is 11.3 Å². The van der Waals surface area contributed by atoms with Gasteiger partial charge in [-0.15, -0.1) is 0 Å². The van der Waals surface area contributed by atoms with Crippen LogP contribution in [0.1, 0.15) is 29.7 Å². The zero-order valence-electron chi connectivity index (χ0n) is 10.7. The topological polar surface area (TPSA) is 38.0 Å². The average molecular weight is 279 g/mol. The monoisotopic (exact) mass is 278 g/mol. The fourth-order valence-electron chi connectivity index (χ4n) is 2.09. The number of aryl methyl sites for hydroxylation is 1. The summed E-state index contributed by atoms with van der Waals surface area (Å²) in [6.45, 7) is 2.08. The van der Waals surface area contributed by atoms with Crippen molar-refractivity contribution in [2.45, 2.75) is 19.4 Å². The van der Waals surface area contributed by atoms with Crippen LogP contribution in [0.2, 0.25) is 5.02 Å². The number of halogens is 2. The van der Waals surface area contributed by atoms with Gasteiger partial charge in [-0.05, 0) is 29.7 Å². The smallest absolute Gasteiger partial charge is 0.129 e. The molecule has 0 aliphatic carbocycles. The van der Waals surface area contributed by atoms with E-state index in [9.17, 15) is 4.39 Å². The minimum absolute atomic E-state index is 0.364. The first-order valence-corrected chi connectivity index (χ1v) is 6.53. The Balaban J connectivity index is 2.43. The van der Waals surface area contributed by atoms with E-state index >= 15 is 0 Å². The molecule has 0 fully saturated rings. The molecule has 1 unspecified atom stereocenters. The van der Waals surface area contributed by atoms with Crippen LogP contribution in [0.15, 0.2) is 42.5 Å². The Morgan fingerprint density at radius 3 is 2.68 bits per heavy atom. The van der Waals surface area contributed by atoms with Crippen molar-refractivity contribution in [1.29, 1.82) is 0 Å². The van der Waals surface area contributed by atoms with Gasteiger partial charge in [-0.3, -0.25) is 5.84 Å². The fourth-order valence-corrected chi connectivity index (χ4v) is 2.25. The fraction of sp³-hybridized carbons (Fsp3) is 0.200. The van der Waals surface area contributed by atoms with E-state index in [1.807, 2.05) is 24.3 Å². The number of nitrogens with two attached hydrogens (primary N) is 1. The molecule has 1 atom stereocenters. The van der Waals surface area contributed by atoms with Gasteiger partial charge in [-0.2, -0.15) is 0 Å². The third kappa shape index (κ3) is 3.13. The zero-order chi connectivity index (χ0) is 13.8. The normalized spacial score (nSPS) is 12.4. The van der Waals surface area contributed by atoms with E-state index in [0.29, 0.717) is 10.6 Å². The first-order chi connectivity index (χ1) is 9.15. The van der Waals surface area contributed by atoms with Gasteiger partial charge < -0.3 is 0 Å². The van der Waals surface area contributed by atoms with E-state index < -0.39 is 0 Å². The summed E-state index contributed by atoms with van der Waals surface area (Å²) in [7, 11) is 0. The first-order valence-electron chi connectivity index (χ1n) is 6.15. The molecule has 0 radical (unpaired) electrons. The van der Waals surface area contributed by atoms with Gasteiger partial charge in [0.15, 0.2) is 0 Å². The van der Waals surface area contributed by atoms with Gasteiger partial charge in [0.05, 0.1) is 6.04 Å². The van der Waals surface area contributed by atoms with Crippen molar-refractivity contribution in [3.8, 4) is 0 Å². The van der Waals surface area contributed by atoms with Gasteiger partial charge in [0, 0.05) is 10.6 Å². The Morgan fingerprint density at radius 2 is 2.05 bits per heavy atom. The number of hydrazine groups is 1. The highest BCUT2D eigenvalue weighted by molar-refractivity contribution is 6.30. The summed E-state index contributed by atoms with van der Waals surface area (Å²) in [6, 6.07) is 12.2. The van der Waals surface area contributed by atoms with Crippen molar-refractivity contribution in [2.24, 2.45) is 5.84 Å². The number of hydrogen-bond acceptors (Lipinski definition) is 2. The van der Waals surface area contributed by atoms with E-state index in [1.165, 1.54) is 11.6 Å². The van der Waals surface area contributed by atoms with Crippen LogP contribution in [0.25, 0.3) is 0 Å². The molecule has 2 aromatic rings. The lowest BCUT2D eigenvalue weighted by atomic mass is 9.97. The molecular formula is C15H16ClFN2. The van der Waals surface area contributed by atoms with Gasteiger partial charge in [-0.25, -0.2) is 9.82 Å². The molecule has 2 rings (SSSR count). The van der Waals surface area contributed by atoms with E-state index in [-0.39, 0.29) is 11.9 Å². The number of nitrogens with one attached hydrogen (secondary N) is 1. The molecular weight excluding hydrogens is 263 g/mol. The average Bonchev–Trinajstić information content (AvgIpc) is 2.42. The molecule has 0 amide bonds. The standard InChI is InChI=1S/C15H16ClFN2/c1-2-10-4-3-5-11(8-10)15(19-18)13-7-6-12(16)9-14(13)17/h3-9,15,19H,2,18H2,1H3. The second-order valence-electron chi connectivity index (χ2n) is 4.36. The molecule has 0 saturated heterocycles. The minimum atomic E-state index is -0.385. The largest absolute Gasteiger partial charge is 0.271 e. The lowest BCUT2D eigenvalue weighted by Gasteiger charge is -2.18. The summed E-state index contributed by atoms with van der Waals surface area (Å²) in [5.41, 5.74) is 5.27. The predicted octanol–water partition coefficient (Wildman–Crippen LogP) is 3.59. The highest BCUT2D eigenvalue weighted by atomic mass is 35.5. The van der Waals surface area contributed by atoms with Crippen LogP contribution in [0.4, 0.5) is 4.39 Å². The summed E-state index contributed by atoms with van der Waals surface area (Å²) in [5.74, 6) is 5.22. The molecule has 0 bridgehead atoms. The highest BCUT2D eigenvalue weighted by Crippen LogP contribution is 2.26. The summed E-state index contributed by atoms with van der Waals surface area (Å²) in [5, 5.41) is 0.374. The Hall–Kier alpha value is -1.42. The lowest BCUT2D eigenvalue weighted by Crippen LogP contribution is -2.29. The molecule has 4 heteroatoms. The first kappa shape index (κ1) is 14.0. The third-order valence-electron chi connectivity index (χ3n) is 3.13. The molecule has 0 aliphatic heterocycles. The van der Waals surface area contributed by atoms with E-state index in [0.717, 1.165) is 12.0 Å². The Labute approximate surface area is 117 Å². The molecule has 19 heavy (non-hydrogen) atoms.